The van der Waals surface area contributed by atoms with Gasteiger partial charge in [-0.1, -0.05) is 12.1 Å². The Bertz CT molecular complexity index is 707. The zero-order chi connectivity index (χ0) is 12.7. The number of hydrogen-bond donors (Lipinski definition) is 1. The maximum atomic E-state index is 5.98. The number of aromatic nitrogens is 4. The normalized spacial score (nSPS) is 11.2. The minimum Gasteiger partial charge on any atom is -0.369 e. The van der Waals surface area contributed by atoms with Crippen molar-refractivity contribution in [1.29, 1.82) is 0 Å². The third-order valence-electron chi connectivity index (χ3n) is 3.13. The summed E-state index contributed by atoms with van der Waals surface area (Å²) in [6.45, 7) is 2.71. The average Bonchev–Trinajstić information content (AvgIpc) is 2.81. The molecule has 5 nitrogen and oxygen atoms in total. The molecule has 18 heavy (non-hydrogen) atoms. The van der Waals surface area contributed by atoms with E-state index in [4.69, 9.17) is 5.73 Å². The highest BCUT2D eigenvalue weighted by Crippen LogP contribution is 2.19. The Hall–Kier alpha value is -2.30. The van der Waals surface area contributed by atoms with Crippen LogP contribution in [0, 0.1) is 6.92 Å². The number of aryl methyl sites for hydroxylation is 2. The van der Waals surface area contributed by atoms with Crippen LogP contribution in [0.4, 0.5) is 5.95 Å². The van der Waals surface area contributed by atoms with Gasteiger partial charge in [-0.15, -0.1) is 0 Å². The van der Waals surface area contributed by atoms with E-state index in [1.54, 1.807) is 0 Å². The van der Waals surface area contributed by atoms with Crippen molar-refractivity contribution in [2.45, 2.75) is 13.5 Å². The van der Waals surface area contributed by atoms with Gasteiger partial charge in [0.15, 0.2) is 0 Å². The largest absolute Gasteiger partial charge is 0.369 e. The third-order valence-corrected chi connectivity index (χ3v) is 3.13. The van der Waals surface area contributed by atoms with Crippen molar-refractivity contribution in [3.63, 3.8) is 0 Å². The summed E-state index contributed by atoms with van der Waals surface area (Å²) in [4.78, 5) is 4.36. The van der Waals surface area contributed by atoms with Crippen LogP contribution in [0.1, 0.15) is 11.3 Å². The van der Waals surface area contributed by atoms with E-state index in [1.165, 1.54) is 0 Å². The number of imidazole rings is 1. The fourth-order valence-electron chi connectivity index (χ4n) is 2.23. The minimum atomic E-state index is 0.541. The van der Waals surface area contributed by atoms with E-state index in [-0.39, 0.29) is 0 Å². The molecular weight excluding hydrogens is 226 g/mol. The number of hydrogen-bond acceptors (Lipinski definition) is 3. The summed E-state index contributed by atoms with van der Waals surface area (Å²) in [6.07, 6.45) is 2.02. The van der Waals surface area contributed by atoms with Crippen molar-refractivity contribution >= 4 is 17.0 Å². The first kappa shape index (κ1) is 10.8. The second-order valence-electron chi connectivity index (χ2n) is 4.46. The van der Waals surface area contributed by atoms with Crippen LogP contribution in [-0.2, 0) is 13.6 Å². The van der Waals surface area contributed by atoms with E-state index < -0.39 is 0 Å². The second kappa shape index (κ2) is 3.87. The Kier molecular flexibility index (Phi) is 2.33. The van der Waals surface area contributed by atoms with Crippen LogP contribution >= 0.6 is 0 Å². The molecule has 2 aromatic heterocycles. The maximum Gasteiger partial charge on any atom is 0.201 e. The van der Waals surface area contributed by atoms with E-state index in [9.17, 15) is 0 Å². The Balaban J connectivity index is 2.09. The fourth-order valence-corrected chi connectivity index (χ4v) is 2.23. The molecule has 0 aliphatic carbocycles. The summed E-state index contributed by atoms with van der Waals surface area (Å²) in [7, 11) is 1.92. The predicted molar refractivity (Wildman–Crippen MR) is 71.2 cm³/mol. The van der Waals surface area contributed by atoms with Gasteiger partial charge >= 0.3 is 0 Å². The highest BCUT2D eigenvalue weighted by Gasteiger charge is 2.10. The van der Waals surface area contributed by atoms with Crippen molar-refractivity contribution in [1.82, 2.24) is 19.3 Å². The van der Waals surface area contributed by atoms with Crippen molar-refractivity contribution in [2.75, 3.05) is 5.73 Å². The molecule has 3 rings (SSSR count). The Morgan fingerprint density at radius 1 is 1.28 bits per heavy atom. The molecule has 0 aliphatic rings. The topological polar surface area (TPSA) is 61.7 Å². The number of fused-ring (bicyclic) bond motifs is 1. The predicted octanol–water partition coefficient (Wildman–Crippen LogP) is 1.71. The molecule has 0 amide bonds. The average molecular weight is 241 g/mol. The monoisotopic (exact) mass is 241 g/mol. The zero-order valence-corrected chi connectivity index (χ0v) is 10.5. The summed E-state index contributed by atoms with van der Waals surface area (Å²) < 4.78 is 3.83. The summed E-state index contributed by atoms with van der Waals surface area (Å²) in [6, 6.07) is 7.97. The molecule has 0 fully saturated rings. The van der Waals surface area contributed by atoms with Crippen molar-refractivity contribution in [2.24, 2.45) is 7.05 Å². The molecule has 1 aromatic carbocycles. The number of para-hydroxylation sites is 2. The Morgan fingerprint density at radius 3 is 2.78 bits per heavy atom. The molecule has 2 heterocycles. The molecule has 0 aliphatic heterocycles. The van der Waals surface area contributed by atoms with Crippen LogP contribution in [0.5, 0.6) is 0 Å². The third kappa shape index (κ3) is 1.64. The number of rotatable bonds is 2. The van der Waals surface area contributed by atoms with E-state index in [0.717, 1.165) is 22.3 Å². The van der Waals surface area contributed by atoms with Gasteiger partial charge in [-0.2, -0.15) is 5.10 Å². The van der Waals surface area contributed by atoms with E-state index in [1.807, 2.05) is 53.7 Å². The molecule has 3 aromatic rings. The molecule has 5 heteroatoms. The molecule has 0 saturated carbocycles. The lowest BCUT2D eigenvalue weighted by molar-refractivity contribution is 0.756. The van der Waals surface area contributed by atoms with Gasteiger partial charge in [-0.05, 0) is 19.1 Å². The standard InChI is InChI=1S/C13H15N5/c1-9-10(7-17(2)16-9)8-18-12-6-4-3-5-11(12)15-13(18)14/h3-7H,8H2,1-2H3,(H2,14,15). The quantitative estimate of drug-likeness (QED) is 0.743. The molecule has 0 atom stereocenters. The number of nitrogen functional groups attached to an aromatic ring is 1. The number of anilines is 1. The van der Waals surface area contributed by atoms with Gasteiger partial charge in [0.25, 0.3) is 0 Å². The Morgan fingerprint density at radius 2 is 2.06 bits per heavy atom. The maximum absolute atomic E-state index is 5.98. The van der Waals surface area contributed by atoms with E-state index in [0.29, 0.717) is 12.5 Å². The molecule has 0 saturated heterocycles. The highest BCUT2D eigenvalue weighted by atomic mass is 15.3. The van der Waals surface area contributed by atoms with Gasteiger partial charge in [-0.3, -0.25) is 4.68 Å². The Labute approximate surface area is 105 Å². The van der Waals surface area contributed by atoms with E-state index in [2.05, 4.69) is 10.1 Å². The number of nitrogens with two attached hydrogens (primary N) is 1. The van der Waals surface area contributed by atoms with Gasteiger partial charge in [-0.25, -0.2) is 4.98 Å². The highest BCUT2D eigenvalue weighted by molar-refractivity contribution is 5.78. The first-order valence-corrected chi connectivity index (χ1v) is 5.85. The minimum absolute atomic E-state index is 0.541. The van der Waals surface area contributed by atoms with E-state index >= 15 is 0 Å². The van der Waals surface area contributed by atoms with Crippen LogP contribution in [0.25, 0.3) is 11.0 Å². The SMILES string of the molecule is Cc1nn(C)cc1Cn1c(N)nc2ccccc21. The smallest absolute Gasteiger partial charge is 0.201 e. The lowest BCUT2D eigenvalue weighted by Gasteiger charge is -2.05. The molecule has 0 spiro atoms. The van der Waals surface area contributed by atoms with Crippen LogP contribution in [0.2, 0.25) is 0 Å². The van der Waals surface area contributed by atoms with Crippen LogP contribution in [0.3, 0.4) is 0 Å². The number of benzene rings is 1. The summed E-state index contributed by atoms with van der Waals surface area (Å²) >= 11 is 0. The lowest BCUT2D eigenvalue weighted by Crippen LogP contribution is -2.04. The molecule has 0 unspecified atom stereocenters. The van der Waals surface area contributed by atoms with Crippen molar-refractivity contribution in [3.8, 4) is 0 Å². The zero-order valence-electron chi connectivity index (χ0n) is 10.5. The number of nitrogens with zero attached hydrogens (tertiary/aromatic N) is 4. The molecule has 92 valence electrons. The summed E-state index contributed by atoms with van der Waals surface area (Å²) in [5, 5.41) is 4.34. The van der Waals surface area contributed by atoms with Crippen molar-refractivity contribution < 1.29 is 0 Å². The van der Waals surface area contributed by atoms with Crippen LogP contribution < -0.4 is 5.73 Å². The van der Waals surface area contributed by atoms with Crippen LogP contribution in [-0.4, -0.2) is 19.3 Å². The molecule has 2 N–H and O–H groups in total. The lowest BCUT2D eigenvalue weighted by atomic mass is 10.2. The van der Waals surface area contributed by atoms with Gasteiger partial charge in [0, 0.05) is 18.8 Å². The summed E-state index contributed by atoms with van der Waals surface area (Å²) in [5.74, 6) is 0.541. The first-order valence-electron chi connectivity index (χ1n) is 5.85. The molecule has 0 bridgehead atoms. The second-order valence-corrected chi connectivity index (χ2v) is 4.46. The van der Waals surface area contributed by atoms with Crippen molar-refractivity contribution in [3.05, 3.63) is 41.7 Å². The summed E-state index contributed by atoms with van der Waals surface area (Å²) in [5.41, 5.74) is 10.1. The van der Waals surface area contributed by atoms with Crippen LogP contribution in [0.15, 0.2) is 30.5 Å². The molecular formula is C13H15N5. The van der Waals surface area contributed by atoms with Gasteiger partial charge in [0.1, 0.15) is 0 Å². The first-order chi connectivity index (χ1) is 8.65. The van der Waals surface area contributed by atoms with Gasteiger partial charge in [0.2, 0.25) is 5.95 Å². The van der Waals surface area contributed by atoms with Gasteiger partial charge < -0.3 is 10.3 Å². The van der Waals surface area contributed by atoms with Gasteiger partial charge in [0.05, 0.1) is 23.3 Å². The molecule has 0 radical (unpaired) electrons. The fraction of sp³-hybridized carbons (Fsp3) is 0.231.